The van der Waals surface area contributed by atoms with E-state index < -0.39 is 0 Å². The summed E-state index contributed by atoms with van der Waals surface area (Å²) in [6.07, 6.45) is 1.36. The summed E-state index contributed by atoms with van der Waals surface area (Å²) in [5, 5.41) is 4.70. The second-order valence-electron chi connectivity index (χ2n) is 2.68. The standard InChI is InChI=1S/C8H8N2O2/c1-5-7-6(9-10(5)2)3-4-12-8(7)11/h3-4H,1-2H3. The van der Waals surface area contributed by atoms with Crippen molar-refractivity contribution in [3.63, 3.8) is 0 Å². The van der Waals surface area contributed by atoms with Gasteiger partial charge in [-0.3, -0.25) is 4.68 Å². The first kappa shape index (κ1) is 7.09. The van der Waals surface area contributed by atoms with Gasteiger partial charge in [-0.05, 0) is 6.92 Å². The molecule has 0 aliphatic carbocycles. The van der Waals surface area contributed by atoms with Gasteiger partial charge in [0.05, 0.1) is 12.0 Å². The zero-order valence-corrected chi connectivity index (χ0v) is 6.87. The van der Waals surface area contributed by atoms with Gasteiger partial charge < -0.3 is 4.42 Å². The van der Waals surface area contributed by atoms with Crippen LogP contribution < -0.4 is 5.63 Å². The van der Waals surface area contributed by atoms with Gasteiger partial charge >= 0.3 is 5.63 Å². The third kappa shape index (κ3) is 0.777. The first-order valence-electron chi connectivity index (χ1n) is 3.61. The lowest BCUT2D eigenvalue weighted by atomic mass is 10.3. The molecule has 12 heavy (non-hydrogen) atoms. The van der Waals surface area contributed by atoms with Crippen LogP contribution in [0.15, 0.2) is 21.5 Å². The molecule has 0 N–H and O–H groups in total. The molecule has 62 valence electrons. The first-order valence-corrected chi connectivity index (χ1v) is 3.61. The van der Waals surface area contributed by atoms with Crippen molar-refractivity contribution in [1.29, 1.82) is 0 Å². The Morgan fingerprint density at radius 1 is 1.58 bits per heavy atom. The summed E-state index contributed by atoms with van der Waals surface area (Å²) in [6.45, 7) is 1.84. The van der Waals surface area contributed by atoms with Crippen LogP contribution in [0.2, 0.25) is 0 Å². The van der Waals surface area contributed by atoms with Gasteiger partial charge in [0.15, 0.2) is 0 Å². The molecule has 0 fully saturated rings. The molecule has 2 aromatic rings. The fraction of sp³-hybridized carbons (Fsp3) is 0.250. The Labute approximate surface area is 68.4 Å². The second kappa shape index (κ2) is 2.20. The van der Waals surface area contributed by atoms with Crippen LogP contribution in [-0.4, -0.2) is 9.78 Å². The molecule has 0 unspecified atom stereocenters. The van der Waals surface area contributed by atoms with Gasteiger partial charge in [-0.15, -0.1) is 0 Å². The largest absolute Gasteiger partial charge is 0.431 e. The summed E-state index contributed by atoms with van der Waals surface area (Å²) in [5.41, 5.74) is 1.20. The van der Waals surface area contributed by atoms with E-state index in [4.69, 9.17) is 4.42 Å². The number of nitrogens with zero attached hydrogens (tertiary/aromatic N) is 2. The van der Waals surface area contributed by atoms with Crippen LogP contribution in [0.3, 0.4) is 0 Å². The molecule has 2 heterocycles. The molecular weight excluding hydrogens is 156 g/mol. The number of hydrogen-bond donors (Lipinski definition) is 0. The van der Waals surface area contributed by atoms with Crippen molar-refractivity contribution in [3.8, 4) is 0 Å². The third-order valence-corrected chi connectivity index (χ3v) is 1.97. The van der Waals surface area contributed by atoms with Gasteiger partial charge in [0.25, 0.3) is 0 Å². The maximum Gasteiger partial charge on any atom is 0.347 e. The molecule has 2 rings (SSSR count). The highest BCUT2D eigenvalue weighted by Crippen LogP contribution is 2.11. The average molecular weight is 164 g/mol. The molecule has 4 heteroatoms. The topological polar surface area (TPSA) is 48.0 Å². The Kier molecular flexibility index (Phi) is 1.30. The van der Waals surface area contributed by atoms with Gasteiger partial charge in [-0.2, -0.15) is 5.10 Å². The molecule has 0 bridgehead atoms. The summed E-state index contributed by atoms with van der Waals surface area (Å²) in [4.78, 5) is 11.2. The van der Waals surface area contributed by atoms with Crippen molar-refractivity contribution < 1.29 is 4.42 Å². The van der Waals surface area contributed by atoms with E-state index >= 15 is 0 Å². The summed E-state index contributed by atoms with van der Waals surface area (Å²) in [5.74, 6) is 0. The van der Waals surface area contributed by atoms with Gasteiger partial charge in [-0.25, -0.2) is 4.79 Å². The van der Waals surface area contributed by atoms with Gasteiger partial charge in [0.2, 0.25) is 0 Å². The predicted octanol–water partition coefficient (Wildman–Crippen LogP) is 0.835. The molecule has 4 nitrogen and oxygen atoms in total. The fourth-order valence-electron chi connectivity index (χ4n) is 1.22. The lowest BCUT2D eigenvalue weighted by Gasteiger charge is -1.89. The highest BCUT2D eigenvalue weighted by Gasteiger charge is 2.08. The van der Waals surface area contributed by atoms with Crippen LogP contribution in [0, 0.1) is 6.92 Å². The van der Waals surface area contributed by atoms with Crippen LogP contribution in [0.25, 0.3) is 10.9 Å². The monoisotopic (exact) mass is 164 g/mol. The zero-order chi connectivity index (χ0) is 8.72. The quantitative estimate of drug-likeness (QED) is 0.579. The predicted molar refractivity (Wildman–Crippen MR) is 44.0 cm³/mol. The summed E-state index contributed by atoms with van der Waals surface area (Å²) < 4.78 is 6.39. The molecule has 0 amide bonds. The summed E-state index contributed by atoms with van der Waals surface area (Å²) >= 11 is 0. The molecular formula is C8H8N2O2. The SMILES string of the molecule is Cc1c2c(=O)occc2nn1C. The normalized spacial score (nSPS) is 10.8. The van der Waals surface area contributed by atoms with E-state index in [9.17, 15) is 4.79 Å². The smallest absolute Gasteiger partial charge is 0.347 e. The molecule has 0 radical (unpaired) electrons. The highest BCUT2D eigenvalue weighted by atomic mass is 16.4. The van der Waals surface area contributed by atoms with Crippen LogP contribution in [0.5, 0.6) is 0 Å². The van der Waals surface area contributed by atoms with Gasteiger partial charge in [-0.1, -0.05) is 0 Å². The van der Waals surface area contributed by atoms with E-state index in [-0.39, 0.29) is 5.63 Å². The summed E-state index contributed by atoms with van der Waals surface area (Å²) in [7, 11) is 1.80. The molecule has 0 aromatic carbocycles. The zero-order valence-electron chi connectivity index (χ0n) is 6.87. The molecule has 0 atom stereocenters. The van der Waals surface area contributed by atoms with E-state index in [0.29, 0.717) is 10.9 Å². The summed E-state index contributed by atoms with van der Waals surface area (Å²) in [6, 6.07) is 1.68. The molecule has 0 aliphatic rings. The highest BCUT2D eigenvalue weighted by molar-refractivity contribution is 5.79. The number of hydrogen-bond acceptors (Lipinski definition) is 3. The van der Waals surface area contributed by atoms with Gasteiger partial charge in [0.1, 0.15) is 10.9 Å². The Morgan fingerprint density at radius 3 is 3.00 bits per heavy atom. The maximum atomic E-state index is 11.2. The molecule has 0 aliphatic heterocycles. The van der Waals surface area contributed by atoms with Crippen LogP contribution in [-0.2, 0) is 7.05 Å². The van der Waals surface area contributed by atoms with E-state index in [1.165, 1.54) is 6.26 Å². The van der Waals surface area contributed by atoms with Crippen LogP contribution in [0.1, 0.15) is 5.69 Å². The molecule has 2 aromatic heterocycles. The van der Waals surface area contributed by atoms with E-state index in [1.54, 1.807) is 17.8 Å². The molecule has 0 spiro atoms. The fourth-order valence-corrected chi connectivity index (χ4v) is 1.22. The molecule has 0 saturated carbocycles. The number of aryl methyl sites for hydroxylation is 2. The Bertz CT molecular complexity index is 481. The average Bonchev–Trinajstić information content (AvgIpc) is 2.29. The van der Waals surface area contributed by atoms with Crippen molar-refractivity contribution in [2.24, 2.45) is 7.05 Å². The number of aromatic nitrogens is 2. The minimum Gasteiger partial charge on any atom is -0.431 e. The van der Waals surface area contributed by atoms with Crippen molar-refractivity contribution in [2.45, 2.75) is 6.92 Å². The molecule has 0 saturated heterocycles. The van der Waals surface area contributed by atoms with Crippen molar-refractivity contribution in [1.82, 2.24) is 9.78 Å². The van der Waals surface area contributed by atoms with Crippen molar-refractivity contribution in [3.05, 3.63) is 28.4 Å². The second-order valence-corrected chi connectivity index (χ2v) is 2.68. The third-order valence-electron chi connectivity index (χ3n) is 1.97. The van der Waals surface area contributed by atoms with Crippen LogP contribution >= 0.6 is 0 Å². The Morgan fingerprint density at radius 2 is 2.33 bits per heavy atom. The van der Waals surface area contributed by atoms with E-state index in [1.807, 2.05) is 6.92 Å². The van der Waals surface area contributed by atoms with E-state index in [2.05, 4.69) is 5.10 Å². The minimum atomic E-state index is -0.321. The number of rotatable bonds is 0. The van der Waals surface area contributed by atoms with Crippen molar-refractivity contribution in [2.75, 3.05) is 0 Å². The van der Waals surface area contributed by atoms with E-state index in [0.717, 1.165) is 5.69 Å². The van der Waals surface area contributed by atoms with Crippen molar-refractivity contribution >= 4 is 10.9 Å². The lowest BCUT2D eigenvalue weighted by molar-refractivity contribution is 0.519. The van der Waals surface area contributed by atoms with Gasteiger partial charge in [0, 0.05) is 13.1 Å². The first-order chi connectivity index (χ1) is 5.70. The van der Waals surface area contributed by atoms with Crippen LogP contribution in [0.4, 0.5) is 0 Å². The number of fused-ring (bicyclic) bond motifs is 1. The Hall–Kier alpha value is -1.58. The lowest BCUT2D eigenvalue weighted by Crippen LogP contribution is -1.98. The minimum absolute atomic E-state index is 0.321. The maximum absolute atomic E-state index is 11.2. The Balaban J connectivity index is 3.07.